The first kappa shape index (κ1) is 18.5. The Bertz CT molecular complexity index is 1330. The molecular weight excluding hydrogens is 383 g/mol. The van der Waals surface area contributed by atoms with Gasteiger partial charge in [-0.15, -0.1) is 0 Å². The minimum atomic E-state index is -4.48. The molecule has 2 aromatic heterocycles. The number of hydrogen-bond acceptors (Lipinski definition) is 4. The van der Waals surface area contributed by atoms with Crippen LogP contribution >= 0.6 is 0 Å². The maximum absolute atomic E-state index is 13.0. The Labute approximate surface area is 162 Å². The molecule has 0 radical (unpaired) electrons. The molecule has 8 heteroatoms. The summed E-state index contributed by atoms with van der Waals surface area (Å²) in [5.74, 6) is 0.183. The van der Waals surface area contributed by atoms with Crippen molar-refractivity contribution in [3.63, 3.8) is 0 Å². The van der Waals surface area contributed by atoms with Gasteiger partial charge in [-0.2, -0.15) is 18.4 Å². The lowest BCUT2D eigenvalue weighted by atomic mass is 9.93. The van der Waals surface area contributed by atoms with Gasteiger partial charge in [0, 0.05) is 22.5 Å². The quantitative estimate of drug-likeness (QED) is 0.515. The summed E-state index contributed by atoms with van der Waals surface area (Å²) in [6.45, 7) is 1.69. The number of benzene rings is 2. The first-order valence-electron chi connectivity index (χ1n) is 8.49. The number of aromatic nitrogens is 2. The van der Waals surface area contributed by atoms with E-state index in [-0.39, 0.29) is 11.3 Å². The van der Waals surface area contributed by atoms with E-state index in [0.717, 1.165) is 12.1 Å². The second kappa shape index (κ2) is 6.63. The lowest BCUT2D eigenvalue weighted by Gasteiger charge is -2.13. The van der Waals surface area contributed by atoms with Gasteiger partial charge < -0.3 is 9.51 Å². The number of nitriles is 1. The van der Waals surface area contributed by atoms with Crippen molar-refractivity contribution in [1.82, 2.24) is 10.1 Å². The minimum Gasteiger partial charge on any atom is -0.356 e. The summed E-state index contributed by atoms with van der Waals surface area (Å²) in [7, 11) is 0. The second-order valence-electron chi connectivity index (χ2n) is 6.48. The molecule has 4 rings (SSSR count). The number of halogens is 3. The van der Waals surface area contributed by atoms with E-state index in [1.807, 2.05) is 6.07 Å². The number of H-pyrrole nitrogens is 1. The predicted octanol–water partition coefficient (Wildman–Crippen LogP) is 5.05. The van der Waals surface area contributed by atoms with Crippen molar-refractivity contribution < 1.29 is 17.7 Å². The van der Waals surface area contributed by atoms with Crippen molar-refractivity contribution in [3.05, 3.63) is 75.7 Å². The van der Waals surface area contributed by atoms with Crippen LogP contribution in [0.3, 0.4) is 0 Å². The van der Waals surface area contributed by atoms with Gasteiger partial charge in [-0.25, -0.2) is 0 Å². The first-order valence-corrected chi connectivity index (χ1v) is 8.49. The fraction of sp³-hybridized carbons (Fsp3) is 0.0952. The third-order valence-corrected chi connectivity index (χ3v) is 4.52. The predicted molar refractivity (Wildman–Crippen MR) is 100.0 cm³/mol. The van der Waals surface area contributed by atoms with Crippen LogP contribution in [0.2, 0.25) is 0 Å². The number of fused-ring (bicyclic) bond motifs is 1. The number of aryl methyl sites for hydroxylation is 1. The fourth-order valence-electron chi connectivity index (χ4n) is 3.20. The topological polar surface area (TPSA) is 82.7 Å². The van der Waals surface area contributed by atoms with Gasteiger partial charge >= 0.3 is 6.18 Å². The van der Waals surface area contributed by atoms with E-state index in [1.165, 1.54) is 12.1 Å². The zero-order valence-electron chi connectivity index (χ0n) is 15.0. The summed E-state index contributed by atoms with van der Waals surface area (Å²) in [5.41, 5.74) is 0.940. The van der Waals surface area contributed by atoms with Crippen LogP contribution in [-0.2, 0) is 6.18 Å². The maximum atomic E-state index is 13.0. The molecule has 0 atom stereocenters. The third kappa shape index (κ3) is 3.27. The van der Waals surface area contributed by atoms with Crippen molar-refractivity contribution in [3.8, 4) is 28.5 Å². The number of aromatic amines is 1. The van der Waals surface area contributed by atoms with Crippen LogP contribution < -0.4 is 5.56 Å². The van der Waals surface area contributed by atoms with Crippen LogP contribution in [0, 0.1) is 18.3 Å². The van der Waals surface area contributed by atoms with E-state index in [0.29, 0.717) is 33.3 Å². The first-order chi connectivity index (χ1) is 13.8. The van der Waals surface area contributed by atoms with Crippen LogP contribution in [0.1, 0.15) is 16.8 Å². The molecule has 4 aromatic rings. The second-order valence-corrected chi connectivity index (χ2v) is 6.48. The molecule has 0 aliphatic heterocycles. The van der Waals surface area contributed by atoms with Crippen molar-refractivity contribution in [2.75, 3.05) is 0 Å². The van der Waals surface area contributed by atoms with E-state index in [4.69, 9.17) is 4.52 Å². The molecule has 1 N–H and O–H groups in total. The van der Waals surface area contributed by atoms with Crippen LogP contribution in [0.15, 0.2) is 57.8 Å². The molecule has 5 nitrogen and oxygen atoms in total. The standard InChI is InChI=1S/C21H12F3N3O2/c1-11-8-17(29-27-11)19-18(13-3-5-14(6-4-13)21(22,23)24)15-9-12(10-25)2-7-16(15)26-20(19)28/h2-9H,1H3,(H,26,28). The lowest BCUT2D eigenvalue weighted by Crippen LogP contribution is -2.11. The van der Waals surface area contributed by atoms with Gasteiger partial charge in [0.05, 0.1) is 28.5 Å². The summed E-state index contributed by atoms with van der Waals surface area (Å²) in [6, 6.07) is 12.8. The van der Waals surface area contributed by atoms with Gasteiger partial charge in [0.25, 0.3) is 5.56 Å². The normalized spacial score (nSPS) is 11.6. The Morgan fingerprint density at radius 2 is 1.79 bits per heavy atom. The molecule has 0 aliphatic carbocycles. The lowest BCUT2D eigenvalue weighted by molar-refractivity contribution is -0.137. The smallest absolute Gasteiger partial charge is 0.356 e. The number of rotatable bonds is 2. The van der Waals surface area contributed by atoms with E-state index in [9.17, 15) is 23.2 Å². The van der Waals surface area contributed by atoms with E-state index in [1.54, 1.807) is 31.2 Å². The zero-order valence-corrected chi connectivity index (χ0v) is 15.0. The highest BCUT2D eigenvalue weighted by atomic mass is 19.4. The van der Waals surface area contributed by atoms with Gasteiger partial charge in [-0.1, -0.05) is 17.3 Å². The largest absolute Gasteiger partial charge is 0.416 e. The summed E-state index contributed by atoms with van der Waals surface area (Å²) >= 11 is 0. The summed E-state index contributed by atoms with van der Waals surface area (Å²) in [4.78, 5) is 15.6. The molecule has 29 heavy (non-hydrogen) atoms. The van der Waals surface area contributed by atoms with Crippen molar-refractivity contribution in [2.24, 2.45) is 0 Å². The molecule has 0 amide bonds. The molecule has 0 aliphatic rings. The van der Waals surface area contributed by atoms with Gasteiger partial charge in [-0.05, 0) is 42.8 Å². The number of nitrogens with one attached hydrogen (secondary N) is 1. The van der Waals surface area contributed by atoms with Crippen molar-refractivity contribution in [1.29, 1.82) is 5.26 Å². The Kier molecular flexibility index (Phi) is 4.23. The maximum Gasteiger partial charge on any atom is 0.416 e. The average Bonchev–Trinajstić information content (AvgIpc) is 3.12. The Morgan fingerprint density at radius 3 is 2.38 bits per heavy atom. The molecule has 0 unspecified atom stereocenters. The summed E-state index contributed by atoms with van der Waals surface area (Å²) in [5, 5.41) is 13.6. The molecule has 2 aromatic carbocycles. The van der Waals surface area contributed by atoms with E-state index < -0.39 is 17.3 Å². The van der Waals surface area contributed by atoms with Crippen LogP contribution in [-0.4, -0.2) is 10.1 Å². The van der Waals surface area contributed by atoms with Crippen LogP contribution in [0.4, 0.5) is 13.2 Å². The van der Waals surface area contributed by atoms with E-state index in [2.05, 4.69) is 10.1 Å². The van der Waals surface area contributed by atoms with Crippen molar-refractivity contribution in [2.45, 2.75) is 13.1 Å². The number of nitrogens with zero attached hydrogens (tertiary/aromatic N) is 2. The Balaban J connectivity index is 2.08. The highest BCUT2D eigenvalue weighted by Gasteiger charge is 2.30. The van der Waals surface area contributed by atoms with Gasteiger partial charge in [0.1, 0.15) is 0 Å². The molecular formula is C21H12F3N3O2. The number of alkyl halides is 3. The number of pyridine rings is 1. The molecule has 0 saturated heterocycles. The SMILES string of the molecule is Cc1cc(-c2c(-c3ccc(C(F)(F)F)cc3)c3cc(C#N)ccc3[nH]c2=O)on1. The monoisotopic (exact) mass is 395 g/mol. The zero-order chi connectivity index (χ0) is 20.8. The Morgan fingerprint density at radius 1 is 1.07 bits per heavy atom. The molecule has 144 valence electrons. The fourth-order valence-corrected chi connectivity index (χ4v) is 3.20. The molecule has 0 fully saturated rings. The highest BCUT2D eigenvalue weighted by molar-refractivity contribution is 6.01. The van der Waals surface area contributed by atoms with Gasteiger partial charge in [0.2, 0.25) is 0 Å². The van der Waals surface area contributed by atoms with E-state index >= 15 is 0 Å². The summed E-state index contributed by atoms with van der Waals surface area (Å²) < 4.78 is 44.2. The molecule has 0 bridgehead atoms. The van der Waals surface area contributed by atoms with Crippen LogP contribution in [0.25, 0.3) is 33.4 Å². The van der Waals surface area contributed by atoms with Crippen molar-refractivity contribution >= 4 is 10.9 Å². The van der Waals surface area contributed by atoms with Gasteiger partial charge in [-0.3, -0.25) is 4.79 Å². The minimum absolute atomic E-state index is 0.132. The highest BCUT2D eigenvalue weighted by Crippen LogP contribution is 2.37. The molecule has 0 saturated carbocycles. The Hall–Kier alpha value is -3.86. The molecule has 2 heterocycles. The van der Waals surface area contributed by atoms with Crippen LogP contribution in [0.5, 0.6) is 0 Å². The molecule has 0 spiro atoms. The summed E-state index contributed by atoms with van der Waals surface area (Å²) in [6.07, 6.45) is -4.48. The van der Waals surface area contributed by atoms with Gasteiger partial charge in [0.15, 0.2) is 5.76 Å². The number of hydrogen-bond donors (Lipinski definition) is 1. The third-order valence-electron chi connectivity index (χ3n) is 4.52. The average molecular weight is 395 g/mol.